The summed E-state index contributed by atoms with van der Waals surface area (Å²) in [4.78, 5) is 4.81. The Morgan fingerprint density at radius 2 is 2.18 bits per heavy atom. The Balaban J connectivity index is 2.69. The molecule has 0 radical (unpaired) electrons. The lowest BCUT2D eigenvalue weighted by Gasteiger charge is -2.05. The first-order valence-electron chi connectivity index (χ1n) is 3.43. The minimum absolute atomic E-state index is 0.965. The first kappa shape index (κ1) is 7.66. The topological polar surface area (TPSA) is 21.3 Å². The number of para-hydroxylation sites is 1. The van der Waals surface area contributed by atoms with Crippen molar-refractivity contribution < 1.29 is 4.84 Å². The summed E-state index contributed by atoms with van der Waals surface area (Å²) in [6, 6.07) is 7.88. The molecule has 0 heterocycles. The van der Waals surface area contributed by atoms with Gasteiger partial charge in [-0.15, -0.1) is 0 Å². The number of anilines is 1. The Labute approximate surface area is 66.5 Å². The zero-order valence-electron chi connectivity index (χ0n) is 6.50. The van der Waals surface area contributed by atoms with E-state index in [2.05, 4.69) is 12.1 Å². The molecule has 0 aliphatic rings. The molecule has 0 aromatic heterocycles. The van der Waals surface area contributed by atoms with Crippen LogP contribution in [0.15, 0.2) is 37.1 Å². The largest absolute Gasteiger partial charge is 0.391 e. The van der Waals surface area contributed by atoms with Gasteiger partial charge in [0.1, 0.15) is 6.26 Å². The molecule has 1 aromatic rings. The number of nitrogens with one attached hydrogen (secondary N) is 1. The average molecular weight is 149 g/mol. The van der Waals surface area contributed by atoms with Gasteiger partial charge in [0.15, 0.2) is 0 Å². The number of benzene rings is 1. The maximum absolute atomic E-state index is 4.81. The molecule has 0 fully saturated rings. The molecule has 0 unspecified atom stereocenters. The van der Waals surface area contributed by atoms with Crippen LogP contribution >= 0.6 is 0 Å². The maximum atomic E-state index is 4.81. The lowest BCUT2D eigenvalue weighted by atomic mass is 10.2. The van der Waals surface area contributed by atoms with E-state index < -0.39 is 0 Å². The highest BCUT2D eigenvalue weighted by atomic mass is 16.6. The highest BCUT2D eigenvalue weighted by Crippen LogP contribution is 2.12. The molecular formula is C9H11NO. The van der Waals surface area contributed by atoms with E-state index in [9.17, 15) is 0 Å². The van der Waals surface area contributed by atoms with Crippen LogP contribution in [-0.4, -0.2) is 0 Å². The van der Waals surface area contributed by atoms with E-state index in [0.717, 1.165) is 11.3 Å². The summed E-state index contributed by atoms with van der Waals surface area (Å²) < 4.78 is 0. The Kier molecular flexibility index (Phi) is 2.55. The highest BCUT2D eigenvalue weighted by molar-refractivity contribution is 5.48. The van der Waals surface area contributed by atoms with Gasteiger partial charge in [0.25, 0.3) is 0 Å². The zero-order valence-corrected chi connectivity index (χ0v) is 6.50. The Hall–Kier alpha value is -1.44. The third kappa shape index (κ3) is 2.00. The predicted octanol–water partition coefficient (Wildman–Crippen LogP) is 2.48. The Morgan fingerprint density at radius 3 is 2.82 bits per heavy atom. The van der Waals surface area contributed by atoms with Gasteiger partial charge in [0.05, 0.1) is 5.69 Å². The molecule has 0 saturated carbocycles. The number of aryl methyl sites for hydroxylation is 1. The number of rotatable bonds is 3. The normalized spacial score (nSPS) is 8.82. The van der Waals surface area contributed by atoms with E-state index in [0.29, 0.717) is 0 Å². The van der Waals surface area contributed by atoms with Crippen molar-refractivity contribution in [3.63, 3.8) is 0 Å². The van der Waals surface area contributed by atoms with Crippen molar-refractivity contribution in [3.05, 3.63) is 42.7 Å². The summed E-state index contributed by atoms with van der Waals surface area (Å²) in [7, 11) is 0. The second-order valence-corrected chi connectivity index (χ2v) is 2.20. The molecule has 58 valence electrons. The lowest BCUT2D eigenvalue weighted by Crippen LogP contribution is -1.95. The molecule has 0 aliphatic carbocycles. The fraction of sp³-hybridized carbons (Fsp3) is 0.111. The van der Waals surface area contributed by atoms with Crippen molar-refractivity contribution in [2.75, 3.05) is 5.48 Å². The van der Waals surface area contributed by atoms with Crippen LogP contribution in [0.5, 0.6) is 0 Å². The lowest BCUT2D eigenvalue weighted by molar-refractivity contribution is 0.331. The van der Waals surface area contributed by atoms with Crippen LogP contribution < -0.4 is 5.48 Å². The smallest absolute Gasteiger partial charge is 0.112 e. The summed E-state index contributed by atoms with van der Waals surface area (Å²) in [5, 5.41) is 0. The van der Waals surface area contributed by atoms with Crippen molar-refractivity contribution in [2.45, 2.75) is 6.92 Å². The van der Waals surface area contributed by atoms with Gasteiger partial charge in [0.2, 0.25) is 0 Å². The SMILES string of the molecule is C=CONc1ccccc1C. The third-order valence-corrected chi connectivity index (χ3v) is 1.40. The second-order valence-electron chi connectivity index (χ2n) is 2.20. The quantitative estimate of drug-likeness (QED) is 0.526. The van der Waals surface area contributed by atoms with Gasteiger partial charge >= 0.3 is 0 Å². The molecule has 0 amide bonds. The summed E-state index contributed by atoms with van der Waals surface area (Å²) >= 11 is 0. The fourth-order valence-electron chi connectivity index (χ4n) is 0.793. The Morgan fingerprint density at radius 1 is 1.45 bits per heavy atom. The maximum Gasteiger partial charge on any atom is 0.112 e. The van der Waals surface area contributed by atoms with Crippen molar-refractivity contribution in [1.29, 1.82) is 0 Å². The second kappa shape index (κ2) is 3.66. The van der Waals surface area contributed by atoms with Crippen LogP contribution in [0.25, 0.3) is 0 Å². The Bertz CT molecular complexity index is 245. The van der Waals surface area contributed by atoms with Crippen LogP contribution in [0.2, 0.25) is 0 Å². The number of hydrogen-bond acceptors (Lipinski definition) is 2. The number of hydrogen-bond donors (Lipinski definition) is 1. The molecule has 1 aromatic carbocycles. The third-order valence-electron chi connectivity index (χ3n) is 1.40. The molecule has 11 heavy (non-hydrogen) atoms. The molecule has 0 aliphatic heterocycles. The zero-order chi connectivity index (χ0) is 8.10. The minimum Gasteiger partial charge on any atom is -0.391 e. The van der Waals surface area contributed by atoms with Crippen LogP contribution in [0.3, 0.4) is 0 Å². The highest BCUT2D eigenvalue weighted by Gasteiger charge is 1.92. The van der Waals surface area contributed by atoms with Gasteiger partial charge in [-0.1, -0.05) is 24.8 Å². The van der Waals surface area contributed by atoms with Gasteiger partial charge < -0.3 is 4.84 Å². The van der Waals surface area contributed by atoms with E-state index in [-0.39, 0.29) is 0 Å². The molecule has 1 rings (SSSR count). The predicted molar refractivity (Wildman–Crippen MR) is 46.1 cm³/mol. The van der Waals surface area contributed by atoms with E-state index >= 15 is 0 Å². The fourth-order valence-corrected chi connectivity index (χ4v) is 0.793. The van der Waals surface area contributed by atoms with Gasteiger partial charge in [-0.05, 0) is 18.6 Å². The first-order chi connectivity index (χ1) is 5.34. The molecule has 0 spiro atoms. The molecule has 1 N–H and O–H groups in total. The molecule has 2 nitrogen and oxygen atoms in total. The molecule has 0 saturated heterocycles. The van der Waals surface area contributed by atoms with Crippen molar-refractivity contribution >= 4 is 5.69 Å². The summed E-state index contributed by atoms with van der Waals surface area (Å²) in [5.41, 5.74) is 4.86. The minimum atomic E-state index is 0.965. The van der Waals surface area contributed by atoms with E-state index in [1.165, 1.54) is 6.26 Å². The van der Waals surface area contributed by atoms with Crippen molar-refractivity contribution in [2.24, 2.45) is 0 Å². The van der Waals surface area contributed by atoms with E-state index in [1.54, 1.807) is 0 Å². The van der Waals surface area contributed by atoms with Gasteiger partial charge in [-0.3, -0.25) is 0 Å². The van der Waals surface area contributed by atoms with E-state index in [1.807, 2.05) is 31.2 Å². The summed E-state index contributed by atoms with van der Waals surface area (Å²) in [6.07, 6.45) is 1.35. The van der Waals surface area contributed by atoms with E-state index in [4.69, 9.17) is 4.84 Å². The monoisotopic (exact) mass is 149 g/mol. The molecule has 2 heteroatoms. The van der Waals surface area contributed by atoms with Gasteiger partial charge in [0, 0.05) is 0 Å². The van der Waals surface area contributed by atoms with Crippen LogP contribution in [0.4, 0.5) is 5.69 Å². The summed E-state index contributed by atoms with van der Waals surface area (Å²) in [5.74, 6) is 0. The standard InChI is InChI=1S/C9H11NO/c1-3-11-10-9-7-5-4-6-8(9)2/h3-7,10H,1H2,2H3. The van der Waals surface area contributed by atoms with Crippen molar-refractivity contribution in [3.8, 4) is 0 Å². The van der Waals surface area contributed by atoms with Gasteiger partial charge in [-0.2, -0.15) is 0 Å². The molecule has 0 bridgehead atoms. The molecular weight excluding hydrogens is 138 g/mol. The van der Waals surface area contributed by atoms with Crippen LogP contribution in [-0.2, 0) is 4.84 Å². The van der Waals surface area contributed by atoms with Crippen LogP contribution in [0.1, 0.15) is 5.56 Å². The van der Waals surface area contributed by atoms with Crippen molar-refractivity contribution in [1.82, 2.24) is 0 Å². The summed E-state index contributed by atoms with van der Waals surface area (Å²) in [6.45, 7) is 5.43. The first-order valence-corrected chi connectivity index (χ1v) is 3.43. The van der Waals surface area contributed by atoms with Crippen LogP contribution in [0, 0.1) is 6.92 Å². The molecule has 0 atom stereocenters. The van der Waals surface area contributed by atoms with Gasteiger partial charge in [-0.25, -0.2) is 5.48 Å². The average Bonchev–Trinajstić information content (AvgIpc) is 2.03.